The molecule has 0 radical (unpaired) electrons. The molecule has 0 amide bonds. The van der Waals surface area contributed by atoms with Gasteiger partial charge in [0.25, 0.3) is 0 Å². The van der Waals surface area contributed by atoms with Gasteiger partial charge in [-0.15, -0.1) is 0 Å². The summed E-state index contributed by atoms with van der Waals surface area (Å²) in [5, 5.41) is 0. The largest absolute Gasteiger partial charge is 0.328 e. The second-order valence-electron chi connectivity index (χ2n) is 4.02. The Morgan fingerprint density at radius 3 is 2.50 bits per heavy atom. The number of hydrogen-bond acceptors (Lipinski definition) is 2. The Balaban J connectivity index is 2.36. The lowest BCUT2D eigenvalue weighted by molar-refractivity contribution is 0.172. The van der Waals surface area contributed by atoms with Crippen LogP contribution in [0.25, 0.3) is 0 Å². The van der Waals surface area contributed by atoms with Crippen molar-refractivity contribution in [3.05, 3.63) is 11.6 Å². The van der Waals surface area contributed by atoms with Gasteiger partial charge >= 0.3 is 0 Å². The molecule has 0 heterocycles. The van der Waals surface area contributed by atoms with Gasteiger partial charge in [-0.1, -0.05) is 24.6 Å². The molecule has 0 aromatic carbocycles. The predicted molar refractivity (Wildman–Crippen MR) is 62.5 cm³/mol. The summed E-state index contributed by atoms with van der Waals surface area (Å²) < 4.78 is 0. The van der Waals surface area contributed by atoms with Gasteiger partial charge < -0.3 is 5.73 Å². The van der Waals surface area contributed by atoms with Crippen molar-refractivity contribution in [2.45, 2.75) is 44.7 Å². The molecule has 0 unspecified atom stereocenters. The van der Waals surface area contributed by atoms with E-state index in [-0.39, 0.29) is 0 Å². The first-order valence-corrected chi connectivity index (χ1v) is 5.96. The first kappa shape index (κ1) is 12.0. The maximum Gasteiger partial charge on any atom is 0.0177 e. The second kappa shape index (κ2) is 6.44. The van der Waals surface area contributed by atoms with E-state index in [0.717, 1.165) is 13.1 Å². The fraction of sp³-hybridized carbons (Fsp3) is 0.818. The molecule has 1 fully saturated rings. The summed E-state index contributed by atoms with van der Waals surface area (Å²) in [6.45, 7) is 4.28. The highest BCUT2D eigenvalue weighted by Crippen LogP contribution is 2.21. The Morgan fingerprint density at radius 2 is 2.00 bits per heavy atom. The van der Waals surface area contributed by atoms with Crippen molar-refractivity contribution in [2.24, 2.45) is 5.73 Å². The van der Waals surface area contributed by atoms with E-state index in [2.05, 4.69) is 11.8 Å². The van der Waals surface area contributed by atoms with Crippen LogP contribution >= 0.6 is 11.6 Å². The van der Waals surface area contributed by atoms with Crippen LogP contribution in [-0.4, -0.2) is 30.1 Å². The van der Waals surface area contributed by atoms with Crippen LogP contribution in [0.2, 0.25) is 0 Å². The summed E-state index contributed by atoms with van der Waals surface area (Å²) in [4.78, 5) is 2.48. The summed E-state index contributed by atoms with van der Waals surface area (Å²) in [5.74, 6) is 0. The number of halogens is 1. The standard InChI is InChI=1S/C11H21ClN2/c1-2-14(9-3-8-12)11-6-4-10(13)5-7-11/h3,8,10-11H,2,4-7,9,13H2,1H3. The quantitative estimate of drug-likeness (QED) is 0.782. The van der Waals surface area contributed by atoms with Crippen LogP contribution in [0.15, 0.2) is 11.6 Å². The third-order valence-electron chi connectivity index (χ3n) is 3.09. The van der Waals surface area contributed by atoms with Gasteiger partial charge in [0.2, 0.25) is 0 Å². The first-order chi connectivity index (χ1) is 6.77. The number of likely N-dealkylation sites (N-methyl/N-ethyl adjacent to an activating group) is 1. The number of hydrogen-bond donors (Lipinski definition) is 1. The Morgan fingerprint density at radius 1 is 1.36 bits per heavy atom. The van der Waals surface area contributed by atoms with E-state index in [1.165, 1.54) is 25.7 Å². The van der Waals surface area contributed by atoms with Crippen molar-refractivity contribution in [1.82, 2.24) is 4.90 Å². The molecule has 82 valence electrons. The molecule has 1 saturated carbocycles. The molecule has 0 bridgehead atoms. The lowest BCUT2D eigenvalue weighted by atomic mass is 9.91. The van der Waals surface area contributed by atoms with E-state index in [1.54, 1.807) is 5.54 Å². The van der Waals surface area contributed by atoms with Crippen LogP contribution in [0.1, 0.15) is 32.6 Å². The molecular formula is C11H21ClN2. The maximum atomic E-state index is 5.89. The average Bonchev–Trinajstić information content (AvgIpc) is 2.21. The van der Waals surface area contributed by atoms with Gasteiger partial charge in [0.05, 0.1) is 0 Å². The van der Waals surface area contributed by atoms with Crippen molar-refractivity contribution in [2.75, 3.05) is 13.1 Å². The number of rotatable bonds is 4. The van der Waals surface area contributed by atoms with Crippen molar-refractivity contribution in [3.8, 4) is 0 Å². The van der Waals surface area contributed by atoms with Crippen LogP contribution in [-0.2, 0) is 0 Å². The number of nitrogens with two attached hydrogens (primary N) is 1. The maximum absolute atomic E-state index is 5.89. The Labute approximate surface area is 92.1 Å². The number of nitrogens with zero attached hydrogens (tertiary/aromatic N) is 1. The van der Waals surface area contributed by atoms with E-state index >= 15 is 0 Å². The highest BCUT2D eigenvalue weighted by molar-refractivity contribution is 6.25. The van der Waals surface area contributed by atoms with Crippen molar-refractivity contribution >= 4 is 11.6 Å². The SMILES string of the molecule is CCN(CC=CCl)C1CCC(N)CC1. The van der Waals surface area contributed by atoms with Gasteiger partial charge in [-0.3, -0.25) is 4.90 Å². The zero-order valence-electron chi connectivity index (χ0n) is 8.95. The average molecular weight is 217 g/mol. The minimum atomic E-state index is 0.438. The molecule has 2 nitrogen and oxygen atoms in total. The molecule has 14 heavy (non-hydrogen) atoms. The van der Waals surface area contributed by atoms with Gasteiger partial charge in [-0.25, -0.2) is 0 Å². The first-order valence-electron chi connectivity index (χ1n) is 5.52. The predicted octanol–water partition coefficient (Wildman–Crippen LogP) is 2.33. The summed E-state index contributed by atoms with van der Waals surface area (Å²) in [6, 6.07) is 1.15. The van der Waals surface area contributed by atoms with Crippen LogP contribution in [0.5, 0.6) is 0 Å². The van der Waals surface area contributed by atoms with E-state index in [1.807, 2.05) is 6.08 Å². The molecule has 0 atom stereocenters. The molecule has 0 aromatic heterocycles. The van der Waals surface area contributed by atoms with Crippen LogP contribution < -0.4 is 5.73 Å². The monoisotopic (exact) mass is 216 g/mol. The van der Waals surface area contributed by atoms with Gasteiger partial charge in [0.15, 0.2) is 0 Å². The molecule has 1 aliphatic rings. The van der Waals surface area contributed by atoms with Crippen molar-refractivity contribution in [3.63, 3.8) is 0 Å². The molecule has 1 aliphatic carbocycles. The highest BCUT2D eigenvalue weighted by Gasteiger charge is 2.22. The third-order valence-corrected chi connectivity index (χ3v) is 3.27. The van der Waals surface area contributed by atoms with Gasteiger partial charge in [-0.2, -0.15) is 0 Å². The van der Waals surface area contributed by atoms with Gasteiger partial charge in [-0.05, 0) is 32.2 Å². The van der Waals surface area contributed by atoms with E-state index in [9.17, 15) is 0 Å². The molecule has 2 N–H and O–H groups in total. The lowest BCUT2D eigenvalue weighted by Gasteiger charge is -2.34. The molecule has 1 rings (SSSR count). The topological polar surface area (TPSA) is 29.3 Å². The van der Waals surface area contributed by atoms with E-state index in [4.69, 9.17) is 17.3 Å². The van der Waals surface area contributed by atoms with E-state index in [0.29, 0.717) is 12.1 Å². The zero-order valence-corrected chi connectivity index (χ0v) is 9.71. The highest BCUT2D eigenvalue weighted by atomic mass is 35.5. The normalized spacial score (nSPS) is 28.9. The molecule has 0 saturated heterocycles. The van der Waals surface area contributed by atoms with Gasteiger partial charge in [0.1, 0.15) is 0 Å². The smallest absolute Gasteiger partial charge is 0.0177 e. The van der Waals surface area contributed by atoms with Crippen LogP contribution in [0.3, 0.4) is 0 Å². The fourth-order valence-electron chi connectivity index (χ4n) is 2.18. The van der Waals surface area contributed by atoms with Crippen LogP contribution in [0, 0.1) is 0 Å². The van der Waals surface area contributed by atoms with Crippen molar-refractivity contribution < 1.29 is 0 Å². The lowest BCUT2D eigenvalue weighted by Crippen LogP contribution is -2.40. The Hall–Kier alpha value is -0.0500. The summed E-state index contributed by atoms with van der Waals surface area (Å²) in [5.41, 5.74) is 7.49. The molecule has 0 aliphatic heterocycles. The van der Waals surface area contributed by atoms with Gasteiger partial charge in [0, 0.05) is 24.2 Å². The fourth-order valence-corrected chi connectivity index (χ4v) is 2.26. The minimum absolute atomic E-state index is 0.438. The summed E-state index contributed by atoms with van der Waals surface area (Å²) in [6.07, 6.45) is 6.84. The second-order valence-corrected chi connectivity index (χ2v) is 4.27. The zero-order chi connectivity index (χ0) is 10.4. The Kier molecular flexibility index (Phi) is 5.53. The van der Waals surface area contributed by atoms with E-state index < -0.39 is 0 Å². The molecular weight excluding hydrogens is 196 g/mol. The van der Waals surface area contributed by atoms with Crippen molar-refractivity contribution in [1.29, 1.82) is 0 Å². The molecule has 0 aromatic rings. The minimum Gasteiger partial charge on any atom is -0.328 e. The summed E-state index contributed by atoms with van der Waals surface area (Å²) in [7, 11) is 0. The summed E-state index contributed by atoms with van der Waals surface area (Å²) >= 11 is 5.54. The van der Waals surface area contributed by atoms with Crippen LogP contribution in [0.4, 0.5) is 0 Å². The molecule has 3 heteroatoms. The third kappa shape index (κ3) is 3.60. The Bertz CT molecular complexity index is 174. The molecule has 0 spiro atoms.